The molecule has 0 aromatic rings. The molecule has 0 radical (unpaired) electrons. The summed E-state index contributed by atoms with van der Waals surface area (Å²) >= 11 is 0. The Hall–Kier alpha value is -0.850. The lowest BCUT2D eigenvalue weighted by Crippen LogP contribution is -2.61. The van der Waals surface area contributed by atoms with E-state index in [0.717, 1.165) is 0 Å². The molecule has 0 heterocycles. The van der Waals surface area contributed by atoms with E-state index >= 15 is 0 Å². The zero-order chi connectivity index (χ0) is 16.6. The van der Waals surface area contributed by atoms with Crippen molar-refractivity contribution in [2.24, 2.45) is 0 Å². The smallest absolute Gasteiger partial charge is 0.396 e. The zero-order valence-corrected chi connectivity index (χ0v) is 8.93. The minimum atomic E-state index is -7.08. The second-order valence-electron chi connectivity index (χ2n) is 3.39. The maximum Gasteiger partial charge on any atom is 0.458 e. The van der Waals surface area contributed by atoms with E-state index in [1.165, 1.54) is 0 Å². The third-order valence-corrected chi connectivity index (χ3v) is 1.85. The third kappa shape index (κ3) is 3.42. The molecule has 122 valence electrons. The van der Waals surface area contributed by atoms with Gasteiger partial charge in [-0.2, -0.15) is 48.3 Å². The Morgan fingerprint density at radius 1 is 0.700 bits per heavy atom. The van der Waals surface area contributed by atoms with E-state index in [1.54, 1.807) is 4.74 Å². The molecule has 0 fully saturated rings. The number of aliphatic hydroxyl groups is 1. The fraction of sp³-hybridized carbons (Fsp3) is 1.00. The molecule has 0 saturated heterocycles. The number of alkyl halides is 11. The summed E-state index contributed by atoms with van der Waals surface area (Å²) in [6.07, 6.45) is -22.9. The molecule has 0 bridgehead atoms. The molecule has 0 aromatic heterocycles. The van der Waals surface area contributed by atoms with Crippen molar-refractivity contribution in [1.82, 2.24) is 0 Å². The van der Waals surface area contributed by atoms with Crippen molar-refractivity contribution >= 4 is 0 Å². The first kappa shape index (κ1) is 19.1. The average Bonchev–Trinajstić information content (AvgIpc) is 2.12. The van der Waals surface area contributed by atoms with E-state index in [-0.39, 0.29) is 0 Å². The van der Waals surface area contributed by atoms with Crippen LogP contribution in [0.2, 0.25) is 0 Å². The van der Waals surface area contributed by atoms with E-state index in [1.807, 2.05) is 0 Å². The Morgan fingerprint density at radius 2 is 1.05 bits per heavy atom. The number of ether oxygens (including phenoxy) is 1. The highest BCUT2D eigenvalue weighted by Crippen LogP contribution is 2.52. The van der Waals surface area contributed by atoms with Gasteiger partial charge >= 0.3 is 30.2 Å². The Bertz CT molecular complexity index is 317. The molecule has 0 aromatic carbocycles. The van der Waals surface area contributed by atoms with Gasteiger partial charge < -0.3 is 5.11 Å². The highest BCUT2D eigenvalue weighted by atomic mass is 19.4. The predicted molar refractivity (Wildman–Crippen MR) is 38.6 cm³/mol. The van der Waals surface area contributed by atoms with Crippen molar-refractivity contribution in [2.45, 2.75) is 36.7 Å². The van der Waals surface area contributed by atoms with Crippen LogP contribution in [-0.2, 0) is 4.74 Å². The van der Waals surface area contributed by atoms with Gasteiger partial charge in [-0.1, -0.05) is 0 Å². The van der Waals surface area contributed by atoms with Gasteiger partial charge in [0.15, 0.2) is 0 Å². The zero-order valence-electron chi connectivity index (χ0n) is 8.93. The molecule has 20 heavy (non-hydrogen) atoms. The number of hydrogen-bond donors (Lipinski definition) is 1. The summed E-state index contributed by atoms with van der Waals surface area (Å²) in [6, 6.07) is 0. The van der Waals surface area contributed by atoms with Crippen LogP contribution in [0.15, 0.2) is 0 Å². The number of hydrogen-bond acceptors (Lipinski definition) is 2. The molecule has 0 aliphatic rings. The Balaban J connectivity index is 5.62. The van der Waals surface area contributed by atoms with Crippen LogP contribution in [0.3, 0.4) is 0 Å². The van der Waals surface area contributed by atoms with Gasteiger partial charge in [-0.15, -0.1) is 0 Å². The minimum Gasteiger partial charge on any atom is -0.396 e. The number of rotatable bonds is 5. The van der Waals surface area contributed by atoms with Gasteiger partial charge in [0, 0.05) is 13.0 Å². The SMILES string of the molecule is OCCC(F)(F)C(F)(F)OC(F)(C(F)(F)F)C(F)(F)F. The number of aliphatic hydroxyl groups excluding tert-OH is 1. The van der Waals surface area contributed by atoms with Gasteiger partial charge in [0.2, 0.25) is 0 Å². The summed E-state index contributed by atoms with van der Waals surface area (Å²) in [4.78, 5) is 0. The predicted octanol–water partition coefficient (Wildman–Crippen LogP) is 3.40. The second kappa shape index (κ2) is 5.16. The molecule has 0 atom stereocenters. The summed E-state index contributed by atoms with van der Waals surface area (Å²) in [7, 11) is 0. The van der Waals surface area contributed by atoms with Gasteiger partial charge in [0.05, 0.1) is 0 Å². The van der Waals surface area contributed by atoms with Crippen LogP contribution < -0.4 is 0 Å². The van der Waals surface area contributed by atoms with Crippen LogP contribution in [0.5, 0.6) is 0 Å². The Kier molecular flexibility index (Phi) is 4.95. The van der Waals surface area contributed by atoms with Gasteiger partial charge in [-0.3, -0.25) is 4.74 Å². The van der Waals surface area contributed by atoms with Crippen LogP contribution in [0, 0.1) is 0 Å². The van der Waals surface area contributed by atoms with Crippen molar-refractivity contribution in [3.63, 3.8) is 0 Å². The van der Waals surface area contributed by atoms with E-state index < -0.39 is 43.3 Å². The van der Waals surface area contributed by atoms with Gasteiger partial charge in [-0.05, 0) is 0 Å². The standard InChI is InChI=1S/C7H5F11O2/c8-3(9,1-2-19)7(17,18)20-4(10,5(11,12)13)6(14,15)16/h19H,1-2H2. The molecular weight excluding hydrogens is 325 g/mol. The third-order valence-electron chi connectivity index (χ3n) is 1.85. The quantitative estimate of drug-likeness (QED) is 0.783. The lowest BCUT2D eigenvalue weighted by Gasteiger charge is -2.35. The summed E-state index contributed by atoms with van der Waals surface area (Å²) in [6.45, 7) is -1.72. The average molecular weight is 330 g/mol. The summed E-state index contributed by atoms with van der Waals surface area (Å²) in [5.41, 5.74) is 0. The van der Waals surface area contributed by atoms with Crippen LogP contribution in [0.4, 0.5) is 48.3 Å². The highest BCUT2D eigenvalue weighted by molar-refractivity contribution is 4.89. The van der Waals surface area contributed by atoms with Crippen molar-refractivity contribution in [3.05, 3.63) is 0 Å². The fourth-order valence-electron chi connectivity index (χ4n) is 0.814. The Morgan fingerprint density at radius 3 is 1.30 bits per heavy atom. The van der Waals surface area contributed by atoms with Gasteiger partial charge in [0.25, 0.3) is 0 Å². The summed E-state index contributed by atoms with van der Waals surface area (Å²) < 4.78 is 136. The topological polar surface area (TPSA) is 29.5 Å². The van der Waals surface area contributed by atoms with Crippen molar-refractivity contribution in [1.29, 1.82) is 0 Å². The molecule has 0 saturated carbocycles. The molecule has 2 nitrogen and oxygen atoms in total. The summed E-state index contributed by atoms with van der Waals surface area (Å²) in [5.74, 6) is -12.7. The highest BCUT2D eigenvalue weighted by Gasteiger charge is 2.79. The first-order valence-corrected chi connectivity index (χ1v) is 4.41. The van der Waals surface area contributed by atoms with E-state index in [0.29, 0.717) is 0 Å². The molecule has 0 unspecified atom stereocenters. The van der Waals surface area contributed by atoms with Crippen molar-refractivity contribution in [2.75, 3.05) is 6.61 Å². The summed E-state index contributed by atoms with van der Waals surface area (Å²) in [5, 5.41) is 7.98. The molecule has 0 aliphatic carbocycles. The van der Waals surface area contributed by atoms with Crippen molar-refractivity contribution < 1.29 is 58.1 Å². The van der Waals surface area contributed by atoms with Crippen LogP contribution in [0.25, 0.3) is 0 Å². The van der Waals surface area contributed by atoms with E-state index in [9.17, 15) is 48.3 Å². The number of halogens is 11. The maximum atomic E-state index is 12.7. The molecule has 0 spiro atoms. The maximum absolute atomic E-state index is 12.7. The van der Waals surface area contributed by atoms with Crippen LogP contribution >= 0.6 is 0 Å². The first-order valence-electron chi connectivity index (χ1n) is 4.41. The van der Waals surface area contributed by atoms with Gasteiger partial charge in [-0.25, -0.2) is 0 Å². The second-order valence-corrected chi connectivity index (χ2v) is 3.39. The van der Waals surface area contributed by atoms with Crippen LogP contribution in [-0.4, -0.2) is 42.0 Å². The first-order chi connectivity index (χ1) is 8.52. The molecule has 0 rings (SSSR count). The fourth-order valence-corrected chi connectivity index (χ4v) is 0.814. The Labute approximate surface area is 103 Å². The monoisotopic (exact) mass is 330 g/mol. The van der Waals surface area contributed by atoms with E-state index in [2.05, 4.69) is 0 Å². The lowest BCUT2D eigenvalue weighted by atomic mass is 10.2. The lowest BCUT2D eigenvalue weighted by molar-refractivity contribution is -0.503. The molecule has 0 amide bonds. The molecule has 1 N–H and O–H groups in total. The largest absolute Gasteiger partial charge is 0.458 e. The van der Waals surface area contributed by atoms with Gasteiger partial charge in [0.1, 0.15) is 0 Å². The van der Waals surface area contributed by atoms with Crippen molar-refractivity contribution in [3.8, 4) is 0 Å². The normalized spacial score (nSPS) is 15.6. The molecule has 13 heteroatoms. The van der Waals surface area contributed by atoms with Crippen LogP contribution in [0.1, 0.15) is 6.42 Å². The van der Waals surface area contributed by atoms with E-state index in [4.69, 9.17) is 5.11 Å². The molecule has 0 aliphatic heterocycles. The minimum absolute atomic E-state index is 1.72. The molecular formula is C7H5F11O2.